The number of nitrogens with zero attached hydrogens (tertiary/aromatic N) is 3. The summed E-state index contributed by atoms with van der Waals surface area (Å²) in [4.78, 5) is 30.5. The molecule has 2 aromatic carbocycles. The van der Waals surface area contributed by atoms with Crippen LogP contribution in [0.1, 0.15) is 24.8 Å². The normalized spacial score (nSPS) is 18.0. The van der Waals surface area contributed by atoms with Gasteiger partial charge in [0.1, 0.15) is 5.82 Å². The average Bonchev–Trinajstić information content (AvgIpc) is 3.62. The molecule has 8 nitrogen and oxygen atoms in total. The Morgan fingerprint density at radius 2 is 1.71 bits per heavy atom. The van der Waals surface area contributed by atoms with Crippen molar-refractivity contribution in [3.8, 4) is 0 Å². The Kier molecular flexibility index (Phi) is 6.50. The molecular formula is C25H29FN4O4S. The molecule has 35 heavy (non-hydrogen) atoms. The molecule has 1 saturated carbocycles. The number of piperazine rings is 1. The SMILES string of the molecule is O=C(CCNS(=O)(=O)c1ccc2c(c1)CCN2C(=O)C1CC1)N1CCN(c2ccccc2F)CC1. The third-order valence-corrected chi connectivity index (χ3v) is 8.36. The van der Waals surface area contributed by atoms with Crippen LogP contribution in [0.5, 0.6) is 0 Å². The number of halogens is 1. The van der Waals surface area contributed by atoms with Crippen LogP contribution in [-0.4, -0.2) is 64.4 Å². The molecular weight excluding hydrogens is 471 g/mol. The standard InChI is InChI=1S/C25H29FN4O4S/c26-21-3-1-2-4-23(21)28-13-15-29(16-14-28)24(31)9-11-27-35(33,34)20-7-8-22-19(17-20)10-12-30(22)25(32)18-5-6-18/h1-4,7-8,17-18,27H,5-6,9-16H2. The zero-order chi connectivity index (χ0) is 24.6. The minimum atomic E-state index is -3.77. The second-order valence-corrected chi connectivity index (χ2v) is 11.0. The average molecular weight is 501 g/mol. The molecule has 1 saturated heterocycles. The largest absolute Gasteiger partial charge is 0.366 e. The molecule has 2 aromatic rings. The number of rotatable bonds is 7. The van der Waals surface area contributed by atoms with Gasteiger partial charge in [0.25, 0.3) is 0 Å². The Labute approximate surface area is 204 Å². The van der Waals surface area contributed by atoms with Crippen LogP contribution in [0.4, 0.5) is 15.8 Å². The van der Waals surface area contributed by atoms with Crippen molar-refractivity contribution in [2.75, 3.05) is 49.1 Å². The Morgan fingerprint density at radius 3 is 2.43 bits per heavy atom. The van der Waals surface area contributed by atoms with E-state index in [2.05, 4.69) is 4.72 Å². The number of para-hydroxylation sites is 1. The Morgan fingerprint density at radius 1 is 0.971 bits per heavy atom. The minimum Gasteiger partial charge on any atom is -0.366 e. The van der Waals surface area contributed by atoms with E-state index in [-0.39, 0.29) is 41.4 Å². The third kappa shape index (κ3) is 5.04. The monoisotopic (exact) mass is 500 g/mol. The van der Waals surface area contributed by atoms with E-state index >= 15 is 0 Å². The van der Waals surface area contributed by atoms with Crippen LogP contribution in [0, 0.1) is 11.7 Å². The lowest BCUT2D eigenvalue weighted by molar-refractivity contribution is -0.131. The Hall–Kier alpha value is -2.98. The van der Waals surface area contributed by atoms with Gasteiger partial charge in [-0.2, -0.15) is 0 Å². The second-order valence-electron chi connectivity index (χ2n) is 9.27. The van der Waals surface area contributed by atoms with Crippen LogP contribution in [0.25, 0.3) is 0 Å². The summed E-state index contributed by atoms with van der Waals surface area (Å²) in [5.41, 5.74) is 2.18. The predicted molar refractivity (Wildman–Crippen MR) is 130 cm³/mol. The van der Waals surface area contributed by atoms with Crippen molar-refractivity contribution in [1.82, 2.24) is 9.62 Å². The fraction of sp³-hybridized carbons (Fsp3) is 0.440. The minimum absolute atomic E-state index is 0.00191. The van der Waals surface area contributed by atoms with E-state index in [4.69, 9.17) is 0 Å². The molecule has 10 heteroatoms. The molecule has 2 amide bonds. The van der Waals surface area contributed by atoms with Crippen LogP contribution < -0.4 is 14.5 Å². The lowest BCUT2D eigenvalue weighted by Gasteiger charge is -2.36. The van der Waals surface area contributed by atoms with E-state index in [0.29, 0.717) is 44.8 Å². The molecule has 0 atom stereocenters. The Bertz CT molecular complexity index is 1240. The number of nitrogens with one attached hydrogen (secondary N) is 1. The van der Waals surface area contributed by atoms with Gasteiger partial charge >= 0.3 is 0 Å². The molecule has 2 aliphatic heterocycles. The highest BCUT2D eigenvalue weighted by Crippen LogP contribution is 2.37. The molecule has 3 aliphatic rings. The number of carbonyl (C=O) groups excluding carboxylic acids is 2. The molecule has 1 aliphatic carbocycles. The summed E-state index contributed by atoms with van der Waals surface area (Å²) in [6.45, 7) is 2.54. The van der Waals surface area contributed by atoms with E-state index in [1.165, 1.54) is 12.1 Å². The molecule has 0 spiro atoms. The van der Waals surface area contributed by atoms with Gasteiger partial charge in [-0.05, 0) is 55.2 Å². The lowest BCUT2D eigenvalue weighted by Crippen LogP contribution is -2.49. The smallest absolute Gasteiger partial charge is 0.240 e. The number of anilines is 2. The first-order valence-corrected chi connectivity index (χ1v) is 13.5. The van der Waals surface area contributed by atoms with E-state index in [1.807, 2.05) is 4.90 Å². The molecule has 186 valence electrons. The van der Waals surface area contributed by atoms with E-state index in [1.54, 1.807) is 40.1 Å². The van der Waals surface area contributed by atoms with Crippen LogP contribution in [0.15, 0.2) is 47.4 Å². The number of fused-ring (bicyclic) bond motifs is 1. The van der Waals surface area contributed by atoms with Crippen molar-refractivity contribution >= 4 is 33.2 Å². The summed E-state index contributed by atoms with van der Waals surface area (Å²) in [6, 6.07) is 11.4. The molecule has 2 fully saturated rings. The van der Waals surface area contributed by atoms with Crippen molar-refractivity contribution in [1.29, 1.82) is 0 Å². The maximum absolute atomic E-state index is 14.0. The van der Waals surface area contributed by atoms with Crippen molar-refractivity contribution in [3.05, 3.63) is 53.8 Å². The number of benzene rings is 2. The first kappa shape index (κ1) is 23.7. The number of hydrogen-bond donors (Lipinski definition) is 1. The van der Waals surface area contributed by atoms with Gasteiger partial charge in [0.15, 0.2) is 0 Å². The zero-order valence-electron chi connectivity index (χ0n) is 19.5. The highest BCUT2D eigenvalue weighted by Gasteiger charge is 2.36. The summed E-state index contributed by atoms with van der Waals surface area (Å²) < 4.78 is 42.1. The topological polar surface area (TPSA) is 90.0 Å². The number of hydrogen-bond acceptors (Lipinski definition) is 5. The summed E-state index contributed by atoms with van der Waals surface area (Å²) in [5, 5.41) is 0. The Balaban J connectivity index is 1.12. The first-order chi connectivity index (χ1) is 16.8. The summed E-state index contributed by atoms with van der Waals surface area (Å²) in [5.74, 6) is -0.170. The number of sulfonamides is 1. The second kappa shape index (κ2) is 9.58. The number of amides is 2. The van der Waals surface area contributed by atoms with Crippen LogP contribution in [0.2, 0.25) is 0 Å². The van der Waals surface area contributed by atoms with Gasteiger partial charge in [0.05, 0.1) is 10.6 Å². The van der Waals surface area contributed by atoms with Crippen molar-refractivity contribution < 1.29 is 22.4 Å². The zero-order valence-corrected chi connectivity index (χ0v) is 20.3. The van der Waals surface area contributed by atoms with Crippen LogP contribution >= 0.6 is 0 Å². The summed E-state index contributed by atoms with van der Waals surface area (Å²) >= 11 is 0. The summed E-state index contributed by atoms with van der Waals surface area (Å²) in [6.07, 6.45) is 2.55. The maximum Gasteiger partial charge on any atom is 0.240 e. The van der Waals surface area contributed by atoms with Gasteiger partial charge in [0.2, 0.25) is 21.8 Å². The predicted octanol–water partition coefficient (Wildman–Crippen LogP) is 2.14. The summed E-state index contributed by atoms with van der Waals surface area (Å²) in [7, 11) is -3.77. The van der Waals surface area contributed by atoms with E-state index in [9.17, 15) is 22.4 Å². The molecule has 0 unspecified atom stereocenters. The number of carbonyl (C=O) groups is 2. The van der Waals surface area contributed by atoms with Crippen molar-refractivity contribution in [2.24, 2.45) is 5.92 Å². The third-order valence-electron chi connectivity index (χ3n) is 6.91. The molecule has 5 rings (SSSR count). The highest BCUT2D eigenvalue weighted by atomic mass is 32.2. The maximum atomic E-state index is 14.0. The van der Waals surface area contributed by atoms with E-state index < -0.39 is 10.0 Å². The van der Waals surface area contributed by atoms with Gasteiger partial charge in [-0.25, -0.2) is 17.5 Å². The molecule has 1 N–H and O–H groups in total. The van der Waals surface area contributed by atoms with Crippen LogP contribution in [-0.2, 0) is 26.0 Å². The first-order valence-electron chi connectivity index (χ1n) is 12.0. The molecule has 0 bridgehead atoms. The van der Waals surface area contributed by atoms with E-state index in [0.717, 1.165) is 24.1 Å². The fourth-order valence-corrected chi connectivity index (χ4v) is 5.85. The van der Waals surface area contributed by atoms with Crippen LogP contribution in [0.3, 0.4) is 0 Å². The molecule has 0 radical (unpaired) electrons. The van der Waals surface area contributed by atoms with Crippen molar-refractivity contribution in [3.63, 3.8) is 0 Å². The van der Waals surface area contributed by atoms with Crippen molar-refractivity contribution in [2.45, 2.75) is 30.6 Å². The van der Waals surface area contributed by atoms with Gasteiger partial charge in [-0.3, -0.25) is 9.59 Å². The van der Waals surface area contributed by atoms with Gasteiger partial charge in [-0.15, -0.1) is 0 Å². The van der Waals surface area contributed by atoms with Gasteiger partial charge < -0.3 is 14.7 Å². The lowest BCUT2D eigenvalue weighted by atomic mass is 10.2. The van der Waals surface area contributed by atoms with Gasteiger partial charge in [-0.1, -0.05) is 12.1 Å². The fourth-order valence-electron chi connectivity index (χ4n) is 4.76. The highest BCUT2D eigenvalue weighted by molar-refractivity contribution is 7.89. The quantitative estimate of drug-likeness (QED) is 0.629. The molecule has 2 heterocycles. The molecule has 0 aromatic heterocycles. The van der Waals surface area contributed by atoms with Gasteiger partial charge in [0, 0.05) is 57.3 Å².